The zero-order chi connectivity index (χ0) is 18.3. The lowest BCUT2D eigenvalue weighted by molar-refractivity contribution is -0.118. The van der Waals surface area contributed by atoms with Gasteiger partial charge >= 0.3 is 0 Å². The Balaban J connectivity index is 1.55. The van der Waals surface area contributed by atoms with Crippen LogP contribution < -0.4 is 10.5 Å². The molecule has 2 aromatic carbocycles. The first-order valence-electron chi connectivity index (χ1n) is 8.58. The Bertz CT molecular complexity index is 1070. The van der Waals surface area contributed by atoms with Crippen LogP contribution in [0.3, 0.4) is 0 Å². The average Bonchev–Trinajstić information content (AvgIpc) is 3.07. The summed E-state index contributed by atoms with van der Waals surface area (Å²) in [6, 6.07) is 11.6. The van der Waals surface area contributed by atoms with E-state index in [1.165, 1.54) is 16.5 Å². The Morgan fingerprint density at radius 3 is 2.96 bits per heavy atom. The predicted molar refractivity (Wildman–Crippen MR) is 106 cm³/mol. The van der Waals surface area contributed by atoms with Crippen molar-refractivity contribution in [3.05, 3.63) is 68.7 Å². The van der Waals surface area contributed by atoms with Crippen LogP contribution >= 0.6 is 15.9 Å². The summed E-state index contributed by atoms with van der Waals surface area (Å²) in [6.45, 7) is 3.06. The summed E-state index contributed by atoms with van der Waals surface area (Å²) in [7, 11) is 0. The fraction of sp³-hybridized carbons (Fsp3) is 0.250. The molecule has 3 aromatic rings. The van der Waals surface area contributed by atoms with Crippen molar-refractivity contribution in [2.75, 3.05) is 11.4 Å². The summed E-state index contributed by atoms with van der Waals surface area (Å²) >= 11 is 3.38. The van der Waals surface area contributed by atoms with E-state index in [9.17, 15) is 9.59 Å². The maximum absolute atomic E-state index is 12.7. The van der Waals surface area contributed by atoms with E-state index in [1.54, 1.807) is 12.1 Å². The first-order valence-corrected chi connectivity index (χ1v) is 9.37. The van der Waals surface area contributed by atoms with Gasteiger partial charge in [0.25, 0.3) is 5.56 Å². The number of hydrogen-bond donors (Lipinski definition) is 0. The highest BCUT2D eigenvalue weighted by atomic mass is 79.9. The van der Waals surface area contributed by atoms with Crippen molar-refractivity contribution in [2.24, 2.45) is 0 Å². The highest BCUT2D eigenvalue weighted by Gasteiger charge is 2.25. The Labute approximate surface area is 159 Å². The number of fused-ring (bicyclic) bond motifs is 2. The minimum absolute atomic E-state index is 0.0410. The lowest BCUT2D eigenvalue weighted by atomic mass is 10.1. The fourth-order valence-electron chi connectivity index (χ4n) is 3.54. The van der Waals surface area contributed by atoms with Crippen LogP contribution in [0.25, 0.3) is 10.9 Å². The maximum Gasteiger partial charge on any atom is 0.261 e. The van der Waals surface area contributed by atoms with E-state index in [0.29, 0.717) is 24.0 Å². The third-order valence-corrected chi connectivity index (χ3v) is 5.34. The number of para-hydroxylation sites is 1. The molecule has 6 heteroatoms. The van der Waals surface area contributed by atoms with Crippen molar-refractivity contribution in [3.63, 3.8) is 0 Å². The van der Waals surface area contributed by atoms with Gasteiger partial charge in [0.1, 0.15) is 0 Å². The summed E-state index contributed by atoms with van der Waals surface area (Å²) in [5, 5.41) is 0.552. The first-order chi connectivity index (χ1) is 12.5. The molecule has 0 bridgehead atoms. The van der Waals surface area contributed by atoms with Gasteiger partial charge in [0.05, 0.1) is 17.2 Å². The lowest BCUT2D eigenvalue weighted by Gasteiger charge is -2.19. The number of carbonyl (C=O) groups is 1. The number of aromatic nitrogens is 2. The number of halogens is 1. The molecule has 0 N–H and O–H groups in total. The second-order valence-corrected chi connectivity index (χ2v) is 7.45. The number of aryl methyl sites for hydroxylation is 2. The molecular formula is C20H18BrN3O2. The van der Waals surface area contributed by atoms with Gasteiger partial charge in [0.2, 0.25) is 5.91 Å². The molecule has 132 valence electrons. The van der Waals surface area contributed by atoms with Crippen molar-refractivity contribution < 1.29 is 4.79 Å². The normalized spacial score (nSPS) is 13.2. The van der Waals surface area contributed by atoms with Crippen LogP contribution in [0.1, 0.15) is 17.5 Å². The van der Waals surface area contributed by atoms with E-state index in [4.69, 9.17) is 0 Å². The Hall–Kier alpha value is -2.47. The smallest absolute Gasteiger partial charge is 0.261 e. The zero-order valence-corrected chi connectivity index (χ0v) is 16.0. The molecular weight excluding hydrogens is 394 g/mol. The van der Waals surface area contributed by atoms with Crippen LogP contribution in [0.4, 0.5) is 5.69 Å². The van der Waals surface area contributed by atoms with Gasteiger partial charge in [-0.3, -0.25) is 14.2 Å². The molecule has 5 nitrogen and oxygen atoms in total. The minimum Gasteiger partial charge on any atom is -0.311 e. The standard InChI is InChI=1S/C20H18BrN3O2/c1-13-3-2-4-14-7-10-24(19(13)14)18(25)8-9-23-12-22-17-6-5-15(21)11-16(17)20(23)26/h2-6,11-12H,7-10H2,1H3. The first kappa shape index (κ1) is 17.0. The highest BCUT2D eigenvalue weighted by Crippen LogP contribution is 2.31. The molecule has 1 aliphatic heterocycles. The number of benzene rings is 2. The molecule has 0 radical (unpaired) electrons. The SMILES string of the molecule is Cc1cccc2c1N(C(=O)CCn1cnc3ccc(Br)cc3c1=O)CC2. The van der Waals surface area contributed by atoms with E-state index in [2.05, 4.69) is 27.0 Å². The summed E-state index contributed by atoms with van der Waals surface area (Å²) in [4.78, 5) is 31.6. The van der Waals surface area contributed by atoms with Crippen molar-refractivity contribution in [1.82, 2.24) is 9.55 Å². The van der Waals surface area contributed by atoms with Crippen LogP contribution in [0, 0.1) is 6.92 Å². The van der Waals surface area contributed by atoms with Gasteiger partial charge in [0, 0.05) is 29.7 Å². The van der Waals surface area contributed by atoms with Crippen molar-refractivity contribution >= 4 is 38.4 Å². The van der Waals surface area contributed by atoms with Gasteiger partial charge in [-0.25, -0.2) is 4.98 Å². The highest BCUT2D eigenvalue weighted by molar-refractivity contribution is 9.10. The fourth-order valence-corrected chi connectivity index (χ4v) is 3.90. The number of rotatable bonds is 3. The van der Waals surface area contributed by atoms with Crippen LogP contribution in [0.5, 0.6) is 0 Å². The topological polar surface area (TPSA) is 55.2 Å². The summed E-state index contributed by atoms with van der Waals surface area (Å²) in [5.41, 5.74) is 3.90. The van der Waals surface area contributed by atoms with E-state index >= 15 is 0 Å². The number of amides is 1. The minimum atomic E-state index is -0.123. The Kier molecular flexibility index (Phi) is 4.36. The van der Waals surface area contributed by atoms with Crippen molar-refractivity contribution in [1.29, 1.82) is 0 Å². The third-order valence-electron chi connectivity index (χ3n) is 4.85. The van der Waals surface area contributed by atoms with Gasteiger partial charge in [-0.1, -0.05) is 34.1 Å². The number of hydrogen-bond acceptors (Lipinski definition) is 3. The van der Waals surface area contributed by atoms with E-state index in [-0.39, 0.29) is 17.9 Å². The van der Waals surface area contributed by atoms with Crippen molar-refractivity contribution in [2.45, 2.75) is 26.3 Å². The van der Waals surface area contributed by atoms with Crippen LogP contribution in [-0.2, 0) is 17.8 Å². The van der Waals surface area contributed by atoms with Gasteiger partial charge < -0.3 is 4.90 Å². The Morgan fingerprint density at radius 2 is 2.12 bits per heavy atom. The molecule has 0 spiro atoms. The Morgan fingerprint density at radius 1 is 1.27 bits per heavy atom. The second-order valence-electron chi connectivity index (χ2n) is 6.53. The van der Waals surface area contributed by atoms with Gasteiger partial charge in [-0.15, -0.1) is 0 Å². The quantitative estimate of drug-likeness (QED) is 0.662. The van der Waals surface area contributed by atoms with E-state index in [1.807, 2.05) is 30.0 Å². The molecule has 26 heavy (non-hydrogen) atoms. The molecule has 4 rings (SSSR count). The number of nitrogens with zero attached hydrogens (tertiary/aromatic N) is 3. The maximum atomic E-state index is 12.7. The largest absolute Gasteiger partial charge is 0.311 e. The van der Waals surface area contributed by atoms with Crippen LogP contribution in [0.15, 0.2) is 52.0 Å². The van der Waals surface area contributed by atoms with Gasteiger partial charge in [-0.05, 0) is 42.7 Å². The number of anilines is 1. The molecule has 1 aliphatic rings. The van der Waals surface area contributed by atoms with Gasteiger partial charge in [0.15, 0.2) is 0 Å². The molecule has 0 saturated carbocycles. The lowest BCUT2D eigenvalue weighted by Crippen LogP contribution is -2.31. The predicted octanol–water partition coefficient (Wildman–Crippen LogP) is 3.45. The second kappa shape index (κ2) is 6.68. The molecule has 0 fully saturated rings. The zero-order valence-electron chi connectivity index (χ0n) is 14.4. The molecule has 1 aromatic heterocycles. The van der Waals surface area contributed by atoms with Crippen LogP contribution in [-0.4, -0.2) is 22.0 Å². The van der Waals surface area contributed by atoms with Gasteiger partial charge in [-0.2, -0.15) is 0 Å². The summed E-state index contributed by atoms with van der Waals surface area (Å²) in [6.07, 6.45) is 2.68. The summed E-state index contributed by atoms with van der Waals surface area (Å²) in [5.74, 6) is 0.0410. The van der Waals surface area contributed by atoms with E-state index < -0.39 is 0 Å². The molecule has 1 amide bonds. The van der Waals surface area contributed by atoms with E-state index in [0.717, 1.165) is 22.1 Å². The summed E-state index contributed by atoms with van der Waals surface area (Å²) < 4.78 is 2.35. The third kappa shape index (κ3) is 2.94. The molecule has 2 heterocycles. The van der Waals surface area contributed by atoms with Crippen LogP contribution in [0.2, 0.25) is 0 Å². The number of carbonyl (C=O) groups excluding carboxylic acids is 1. The molecule has 0 saturated heterocycles. The average molecular weight is 412 g/mol. The molecule has 0 unspecified atom stereocenters. The monoisotopic (exact) mass is 411 g/mol. The van der Waals surface area contributed by atoms with Crippen molar-refractivity contribution in [3.8, 4) is 0 Å². The molecule has 0 atom stereocenters. The molecule has 0 aliphatic carbocycles.